The fourth-order valence-corrected chi connectivity index (χ4v) is 5.37. The van der Waals surface area contributed by atoms with Crippen LogP contribution in [0, 0.1) is 0 Å². The van der Waals surface area contributed by atoms with Crippen molar-refractivity contribution in [1.29, 1.82) is 0 Å². The fraction of sp³-hybridized carbons (Fsp3) is 0.500. The number of hydrogen-bond acceptors (Lipinski definition) is 6. The maximum Gasteiger partial charge on any atom is 0.119 e. The Balaban J connectivity index is 0.00000480. The first-order valence-electron chi connectivity index (χ1n) is 10.9. The maximum absolute atomic E-state index is 6.23. The summed E-state index contributed by atoms with van der Waals surface area (Å²) in [4.78, 5) is 0. The van der Waals surface area contributed by atoms with Gasteiger partial charge in [0.2, 0.25) is 0 Å². The van der Waals surface area contributed by atoms with Gasteiger partial charge in [0.1, 0.15) is 11.5 Å². The van der Waals surface area contributed by atoms with Gasteiger partial charge in [-0.2, -0.15) is 0 Å². The van der Waals surface area contributed by atoms with Crippen molar-refractivity contribution < 1.29 is 9.47 Å². The molecule has 0 radical (unpaired) electrons. The van der Waals surface area contributed by atoms with Crippen molar-refractivity contribution in [2.75, 3.05) is 24.7 Å². The number of halogens is 2. The van der Waals surface area contributed by atoms with Crippen LogP contribution in [0.15, 0.2) is 60.7 Å². The molecule has 0 bridgehead atoms. The molecule has 182 valence electrons. The zero-order valence-corrected chi connectivity index (χ0v) is 21.9. The number of ether oxygens (including phenoxy) is 2. The van der Waals surface area contributed by atoms with Crippen LogP contribution in [0.4, 0.5) is 0 Å². The molecule has 0 aliphatic rings. The number of rotatable bonds is 17. The van der Waals surface area contributed by atoms with E-state index in [1.807, 2.05) is 82.3 Å². The summed E-state index contributed by atoms with van der Waals surface area (Å²) >= 11 is 0. The Morgan fingerprint density at radius 3 is 1.34 bits per heavy atom. The lowest BCUT2D eigenvalue weighted by Crippen LogP contribution is -2.24. The van der Waals surface area contributed by atoms with Crippen molar-refractivity contribution in [3.05, 3.63) is 60.7 Å². The smallest absolute Gasteiger partial charge is 0.119 e. The predicted molar refractivity (Wildman–Crippen MR) is 147 cm³/mol. The zero-order chi connectivity index (χ0) is 21.3. The van der Waals surface area contributed by atoms with Gasteiger partial charge in [-0.25, -0.2) is 0 Å². The molecule has 2 aromatic carbocycles. The van der Waals surface area contributed by atoms with Crippen LogP contribution in [0.1, 0.15) is 38.5 Å². The Morgan fingerprint density at radius 1 is 0.594 bits per heavy atom. The van der Waals surface area contributed by atoms with Crippen LogP contribution >= 0.6 is 46.4 Å². The normalized spacial score (nSPS) is 12.2. The summed E-state index contributed by atoms with van der Waals surface area (Å²) in [5.41, 5.74) is 12.5. The molecular weight excluding hydrogens is 483 g/mol. The van der Waals surface area contributed by atoms with Crippen LogP contribution in [0.2, 0.25) is 0 Å². The molecular formula is C24H38Cl2N2O2S2. The van der Waals surface area contributed by atoms with Gasteiger partial charge in [0, 0.05) is 23.6 Å². The minimum atomic E-state index is 0. The van der Waals surface area contributed by atoms with Gasteiger partial charge in [-0.1, -0.05) is 58.0 Å². The largest absolute Gasteiger partial charge is 0.494 e. The summed E-state index contributed by atoms with van der Waals surface area (Å²) in [5, 5.41) is 0. The molecule has 0 aliphatic carbocycles. The Hall–Kier alpha value is -0.760. The second kappa shape index (κ2) is 20.8. The van der Waals surface area contributed by atoms with E-state index >= 15 is 0 Å². The second-order valence-electron chi connectivity index (χ2n) is 7.40. The molecule has 0 amide bonds. The summed E-state index contributed by atoms with van der Waals surface area (Å²) in [6, 6.07) is 20.4. The third-order valence-corrected chi connectivity index (χ3v) is 7.22. The first kappa shape index (κ1) is 31.2. The molecule has 0 aliphatic heterocycles. The molecule has 0 fully saturated rings. The highest BCUT2D eigenvalue weighted by Gasteiger charge is 2.06. The van der Waals surface area contributed by atoms with Crippen LogP contribution in [-0.2, 0) is 0 Å². The third-order valence-electron chi connectivity index (χ3n) is 4.61. The van der Waals surface area contributed by atoms with Gasteiger partial charge >= 0.3 is 0 Å². The van der Waals surface area contributed by atoms with Crippen LogP contribution in [0.5, 0.6) is 11.5 Å². The average molecular weight is 522 g/mol. The molecule has 0 heterocycles. The number of para-hydroxylation sites is 2. The van der Waals surface area contributed by atoms with Crippen molar-refractivity contribution in [2.24, 2.45) is 11.5 Å². The van der Waals surface area contributed by atoms with Crippen LogP contribution in [-0.4, -0.2) is 36.8 Å². The number of hydrogen-bond donors (Lipinski definition) is 2. The van der Waals surface area contributed by atoms with Gasteiger partial charge in [-0.05, 0) is 62.8 Å². The second-order valence-corrected chi connectivity index (χ2v) is 9.96. The zero-order valence-electron chi connectivity index (χ0n) is 18.6. The first-order chi connectivity index (χ1) is 14.7. The van der Waals surface area contributed by atoms with Crippen molar-refractivity contribution >= 4 is 46.4 Å². The summed E-state index contributed by atoms with van der Waals surface area (Å²) in [6.07, 6.45) is 6.37. The SMILES string of the molecule is Cl.Cl.N[C@@H](CCCCOc1ccccc1)CSSC[C@@H](N)CCCCOc1ccccc1. The lowest BCUT2D eigenvalue weighted by atomic mass is 10.1. The lowest BCUT2D eigenvalue weighted by Gasteiger charge is -2.13. The van der Waals surface area contributed by atoms with Gasteiger partial charge in [-0.3, -0.25) is 0 Å². The van der Waals surface area contributed by atoms with Gasteiger partial charge in [-0.15, -0.1) is 24.8 Å². The van der Waals surface area contributed by atoms with Gasteiger partial charge in [0.25, 0.3) is 0 Å². The van der Waals surface area contributed by atoms with E-state index in [4.69, 9.17) is 20.9 Å². The molecule has 2 rings (SSSR count). The highest BCUT2D eigenvalue weighted by molar-refractivity contribution is 8.76. The van der Waals surface area contributed by atoms with E-state index < -0.39 is 0 Å². The number of unbranched alkanes of at least 4 members (excludes halogenated alkanes) is 2. The maximum atomic E-state index is 6.23. The summed E-state index contributed by atoms with van der Waals surface area (Å²) < 4.78 is 11.4. The van der Waals surface area contributed by atoms with Crippen LogP contribution in [0.25, 0.3) is 0 Å². The Morgan fingerprint density at radius 2 is 0.969 bits per heavy atom. The molecule has 2 atom stereocenters. The van der Waals surface area contributed by atoms with E-state index in [1.54, 1.807) is 0 Å². The lowest BCUT2D eigenvalue weighted by molar-refractivity contribution is 0.303. The Labute approximate surface area is 214 Å². The molecule has 32 heavy (non-hydrogen) atoms. The van der Waals surface area contributed by atoms with Crippen LogP contribution < -0.4 is 20.9 Å². The number of nitrogens with two attached hydrogens (primary N) is 2. The molecule has 2 aromatic rings. The third kappa shape index (κ3) is 15.9. The highest BCUT2D eigenvalue weighted by atomic mass is 35.5. The molecule has 0 aromatic heterocycles. The van der Waals surface area contributed by atoms with E-state index in [0.717, 1.165) is 74.7 Å². The fourth-order valence-electron chi connectivity index (χ4n) is 2.87. The van der Waals surface area contributed by atoms with Gasteiger partial charge in [0.15, 0.2) is 0 Å². The van der Waals surface area contributed by atoms with E-state index in [-0.39, 0.29) is 36.9 Å². The highest BCUT2D eigenvalue weighted by Crippen LogP contribution is 2.24. The van der Waals surface area contributed by atoms with Crippen LogP contribution in [0.3, 0.4) is 0 Å². The predicted octanol–water partition coefficient (Wildman–Crippen LogP) is 6.36. The van der Waals surface area contributed by atoms with Crippen molar-refractivity contribution in [3.8, 4) is 11.5 Å². The molecule has 0 spiro atoms. The molecule has 0 saturated heterocycles. The quantitative estimate of drug-likeness (QED) is 0.186. The topological polar surface area (TPSA) is 70.5 Å². The average Bonchev–Trinajstić information content (AvgIpc) is 2.78. The Bertz CT molecular complexity index is 599. The minimum absolute atomic E-state index is 0. The Kier molecular flexibility index (Phi) is 20.3. The summed E-state index contributed by atoms with van der Waals surface area (Å²) in [7, 11) is 3.69. The molecule has 0 saturated carbocycles. The van der Waals surface area contributed by atoms with E-state index in [9.17, 15) is 0 Å². The molecule has 4 N–H and O–H groups in total. The van der Waals surface area contributed by atoms with Gasteiger partial charge < -0.3 is 20.9 Å². The first-order valence-corrected chi connectivity index (χ1v) is 13.3. The van der Waals surface area contributed by atoms with E-state index in [1.165, 1.54) is 0 Å². The van der Waals surface area contributed by atoms with Crippen molar-refractivity contribution in [2.45, 2.75) is 50.6 Å². The number of benzene rings is 2. The van der Waals surface area contributed by atoms with Crippen molar-refractivity contribution in [3.63, 3.8) is 0 Å². The summed E-state index contributed by atoms with van der Waals surface area (Å²) in [6.45, 7) is 1.51. The molecule has 4 nitrogen and oxygen atoms in total. The monoisotopic (exact) mass is 520 g/mol. The van der Waals surface area contributed by atoms with E-state index in [2.05, 4.69) is 0 Å². The van der Waals surface area contributed by atoms with Gasteiger partial charge in [0.05, 0.1) is 13.2 Å². The summed E-state index contributed by atoms with van der Waals surface area (Å²) in [5.74, 6) is 3.83. The molecule has 8 heteroatoms. The molecule has 0 unspecified atom stereocenters. The standard InChI is InChI=1S/C24H36N2O2S2.2ClH/c25-21(11-7-9-17-27-23-13-3-1-4-14-23)19-29-30-20-22(26)12-8-10-18-28-24-15-5-2-6-16-24;;/h1-6,13-16,21-22H,7-12,17-20,25-26H2;2*1H/t21-,22-;;/m0../s1. The van der Waals surface area contributed by atoms with E-state index in [0.29, 0.717) is 0 Å². The van der Waals surface area contributed by atoms with Crippen molar-refractivity contribution in [1.82, 2.24) is 0 Å². The minimum Gasteiger partial charge on any atom is -0.494 e.